The zero-order chi connectivity index (χ0) is 36.3. The van der Waals surface area contributed by atoms with Gasteiger partial charge in [0.05, 0.1) is 11.9 Å². The smallest absolute Gasteiger partial charge is 0.427 e. The van der Waals surface area contributed by atoms with Gasteiger partial charge in [0.15, 0.2) is 0 Å². The summed E-state index contributed by atoms with van der Waals surface area (Å²) < 4.78 is 11.3. The lowest BCUT2D eigenvalue weighted by atomic mass is 9.97. The van der Waals surface area contributed by atoms with E-state index in [2.05, 4.69) is 89.9 Å². The zero-order valence-electron chi connectivity index (χ0n) is 29.9. The van der Waals surface area contributed by atoms with E-state index in [9.17, 15) is 9.59 Å². The molecule has 0 radical (unpaired) electrons. The molecule has 0 unspecified atom stereocenters. The highest BCUT2D eigenvalue weighted by molar-refractivity contribution is 7.95. The molecule has 50 heavy (non-hydrogen) atoms. The topological polar surface area (TPSA) is 81.6 Å². The van der Waals surface area contributed by atoms with Gasteiger partial charge in [0, 0.05) is 11.1 Å². The molecule has 1 aromatic heterocycles. The maximum Gasteiger partial charge on any atom is 0.427 e. The molecule has 1 heterocycles. The minimum absolute atomic E-state index is 0.103. The Hall–Kier alpha value is -4.58. The van der Waals surface area contributed by atoms with Crippen LogP contribution < -0.4 is 20.8 Å². The van der Waals surface area contributed by atoms with Crippen LogP contribution >= 0.6 is 18.9 Å². The predicted molar refractivity (Wildman–Crippen MR) is 206 cm³/mol. The van der Waals surface area contributed by atoms with Gasteiger partial charge in [-0.15, -0.1) is 4.90 Å². The van der Waals surface area contributed by atoms with Crippen molar-refractivity contribution in [1.29, 1.82) is 0 Å². The number of rotatable bonds is 7. The lowest BCUT2D eigenvalue weighted by Crippen LogP contribution is -2.44. The average molecular weight is 709 g/mol. The fourth-order valence-electron chi connectivity index (χ4n) is 5.90. The van der Waals surface area contributed by atoms with Crippen LogP contribution in [0.1, 0.15) is 58.2 Å². The number of nitrogens with zero attached hydrogens (tertiary/aromatic N) is 3. The Kier molecular flexibility index (Phi) is 10.8. The van der Waals surface area contributed by atoms with Crippen LogP contribution in [0.25, 0.3) is 11.3 Å². The van der Waals surface area contributed by atoms with E-state index in [0.29, 0.717) is 17.4 Å². The number of imide groups is 1. The molecule has 0 fully saturated rings. The van der Waals surface area contributed by atoms with E-state index in [1.165, 1.54) is 15.9 Å². The maximum absolute atomic E-state index is 13.6. The number of benzene rings is 4. The van der Waals surface area contributed by atoms with Crippen molar-refractivity contribution in [2.45, 2.75) is 72.8 Å². The fourth-order valence-corrected chi connectivity index (χ4v) is 10.3. The summed E-state index contributed by atoms with van der Waals surface area (Å²) in [6, 6.07) is 38.2. The molecule has 5 aromatic rings. The van der Waals surface area contributed by atoms with Gasteiger partial charge in [0.1, 0.15) is 39.5 Å². The molecule has 0 atom stereocenters. The van der Waals surface area contributed by atoms with Crippen LogP contribution in [0.15, 0.2) is 109 Å². The van der Waals surface area contributed by atoms with Crippen LogP contribution in [0, 0.1) is 13.8 Å². The summed E-state index contributed by atoms with van der Waals surface area (Å²) in [7, 11) is -2.31. The molecule has 0 aliphatic rings. The molecule has 0 saturated carbocycles. The second-order valence-corrected chi connectivity index (χ2v) is 18.0. The summed E-state index contributed by atoms with van der Waals surface area (Å²) in [6.07, 6.45) is -1.27. The summed E-state index contributed by atoms with van der Waals surface area (Å²) in [6.45, 7) is 14.2. The Labute approximate surface area is 301 Å². The highest BCUT2D eigenvalue weighted by Crippen LogP contribution is 2.59. The van der Waals surface area contributed by atoms with Crippen LogP contribution in [0.4, 0.5) is 15.5 Å². The minimum Gasteiger partial charge on any atom is -0.443 e. The van der Waals surface area contributed by atoms with E-state index in [4.69, 9.17) is 26.1 Å². The zero-order valence-corrected chi connectivity index (χ0v) is 31.5. The number of ether oxygens (including phenoxy) is 2. The summed E-state index contributed by atoms with van der Waals surface area (Å²) in [4.78, 5) is 37.3. The number of anilines is 1. The van der Waals surface area contributed by atoms with Gasteiger partial charge < -0.3 is 9.47 Å². The van der Waals surface area contributed by atoms with E-state index in [0.717, 1.165) is 21.6 Å². The van der Waals surface area contributed by atoms with Crippen LogP contribution in [0.3, 0.4) is 0 Å². The van der Waals surface area contributed by atoms with Gasteiger partial charge in [0.2, 0.25) is 5.95 Å². The van der Waals surface area contributed by atoms with Crippen molar-refractivity contribution >= 4 is 52.9 Å². The number of aromatic nitrogens is 2. The van der Waals surface area contributed by atoms with Gasteiger partial charge >= 0.3 is 12.2 Å². The van der Waals surface area contributed by atoms with Crippen molar-refractivity contribution in [2.75, 3.05) is 4.90 Å². The third-order valence-electron chi connectivity index (χ3n) is 8.02. The molecule has 0 bridgehead atoms. The molecule has 258 valence electrons. The summed E-state index contributed by atoms with van der Waals surface area (Å²) in [5.74, 6) is -0.233. The number of carbonyl (C=O) groups excluding carboxylic acids is 2. The number of hydrogen-bond acceptors (Lipinski definition) is 6. The summed E-state index contributed by atoms with van der Waals surface area (Å²) >= 11 is 6.84. The van der Waals surface area contributed by atoms with Crippen LogP contribution in [-0.2, 0) is 15.6 Å². The van der Waals surface area contributed by atoms with Crippen molar-refractivity contribution in [3.63, 3.8) is 0 Å². The average Bonchev–Trinajstić information content (AvgIpc) is 3.05. The first-order valence-electron chi connectivity index (χ1n) is 16.5. The lowest BCUT2D eigenvalue weighted by molar-refractivity contribution is 0.0427. The number of hydrogen-bond donors (Lipinski definition) is 0. The van der Waals surface area contributed by atoms with Crippen molar-refractivity contribution < 1.29 is 19.1 Å². The SMILES string of the molecule is Cc1cccc(C[P+](c2ccccc2)(c2ccccc2)c2ccccc2)c1-c1nc(N(C(=O)OC(C)(C)C)C(=O)OC(C)(C)C)nc(Cl)c1C. The number of aryl methyl sites for hydroxylation is 1. The van der Waals surface area contributed by atoms with E-state index < -0.39 is 30.7 Å². The maximum atomic E-state index is 13.6. The third-order valence-corrected chi connectivity index (χ3v) is 12.7. The normalized spacial score (nSPS) is 11.9. The molecule has 0 N–H and O–H groups in total. The number of halogens is 1. The van der Waals surface area contributed by atoms with Gasteiger partial charge in [0.25, 0.3) is 0 Å². The molecule has 7 nitrogen and oxygen atoms in total. The minimum atomic E-state index is -2.31. The second-order valence-electron chi connectivity index (χ2n) is 14.2. The Morgan fingerprint density at radius 1 is 0.660 bits per heavy atom. The van der Waals surface area contributed by atoms with Crippen molar-refractivity contribution in [1.82, 2.24) is 9.97 Å². The molecule has 0 aliphatic carbocycles. The van der Waals surface area contributed by atoms with Gasteiger partial charge in [-0.1, -0.05) is 84.4 Å². The number of amides is 2. The van der Waals surface area contributed by atoms with Crippen molar-refractivity contribution in [2.24, 2.45) is 0 Å². The molecule has 0 saturated heterocycles. The molecular weight excluding hydrogens is 665 g/mol. The van der Waals surface area contributed by atoms with E-state index >= 15 is 0 Å². The van der Waals surface area contributed by atoms with Gasteiger partial charge in [-0.05, 0) is 103 Å². The highest BCUT2D eigenvalue weighted by atomic mass is 35.5. The Bertz CT molecular complexity index is 1850. The summed E-state index contributed by atoms with van der Waals surface area (Å²) in [5.41, 5.74) is 2.17. The van der Waals surface area contributed by atoms with Crippen molar-refractivity contribution in [3.05, 3.63) is 131 Å². The molecule has 9 heteroatoms. The second kappa shape index (κ2) is 14.7. The van der Waals surface area contributed by atoms with Gasteiger partial charge in [-0.2, -0.15) is 4.98 Å². The first kappa shape index (κ1) is 36.7. The van der Waals surface area contributed by atoms with Gasteiger partial charge in [-0.3, -0.25) is 0 Å². The quantitative estimate of drug-likeness (QED) is 0.124. The molecule has 4 aromatic carbocycles. The fraction of sp³-hybridized carbons (Fsp3) is 0.268. The van der Waals surface area contributed by atoms with E-state index in [1.54, 1.807) is 41.5 Å². The Morgan fingerprint density at radius 2 is 1.10 bits per heavy atom. The third kappa shape index (κ3) is 8.07. The van der Waals surface area contributed by atoms with Crippen molar-refractivity contribution in [3.8, 4) is 11.3 Å². The lowest BCUT2D eigenvalue weighted by Gasteiger charge is -2.29. The Morgan fingerprint density at radius 3 is 1.52 bits per heavy atom. The molecule has 0 spiro atoms. The first-order chi connectivity index (χ1) is 23.6. The van der Waals surface area contributed by atoms with Crippen LogP contribution in [0.2, 0.25) is 5.15 Å². The molecular formula is C41H44ClN3O4P+. The predicted octanol–water partition coefficient (Wildman–Crippen LogP) is 9.58. The first-order valence-corrected chi connectivity index (χ1v) is 18.9. The summed E-state index contributed by atoms with van der Waals surface area (Å²) in [5, 5.41) is 3.82. The Balaban J connectivity index is 1.76. The highest BCUT2D eigenvalue weighted by Gasteiger charge is 2.46. The van der Waals surface area contributed by atoms with Gasteiger partial charge in [-0.25, -0.2) is 14.6 Å². The molecule has 5 rings (SSSR count). The monoisotopic (exact) mass is 708 g/mol. The van der Waals surface area contributed by atoms with E-state index in [1.807, 2.05) is 38.1 Å². The molecule has 0 aliphatic heterocycles. The standard InChI is InChI=1S/C41H44ClN3O4P/c1-28-19-18-20-30(27-50(31-21-12-9-13-22-31,32-23-14-10-15-24-32)33-25-16-11-17-26-33)34(28)35-29(2)36(42)44-37(43-35)45(38(46)48-40(3,4)5)39(47)49-41(6,7)8/h9-26H,27H2,1-8H3/q+1. The van der Waals surface area contributed by atoms with E-state index in [-0.39, 0.29) is 11.1 Å². The van der Waals surface area contributed by atoms with Crippen LogP contribution in [-0.4, -0.2) is 33.4 Å². The molecule has 2 amide bonds. The number of carbonyl (C=O) groups is 2. The largest absolute Gasteiger partial charge is 0.443 e. The van der Waals surface area contributed by atoms with Crippen LogP contribution in [0.5, 0.6) is 0 Å².